The second kappa shape index (κ2) is 9.37. The highest BCUT2D eigenvalue weighted by Gasteiger charge is 2.53. The molecule has 0 radical (unpaired) electrons. The molecule has 0 saturated heterocycles. The van der Waals surface area contributed by atoms with Gasteiger partial charge in [-0.1, -0.05) is 31.4 Å². The number of ether oxygens (including phenoxy) is 2. The van der Waals surface area contributed by atoms with E-state index in [1.807, 2.05) is 18.2 Å². The first kappa shape index (κ1) is 21.3. The lowest BCUT2D eigenvalue weighted by molar-refractivity contribution is -0.133. The van der Waals surface area contributed by atoms with Gasteiger partial charge in [-0.05, 0) is 36.5 Å². The van der Waals surface area contributed by atoms with E-state index in [9.17, 15) is 9.59 Å². The largest absolute Gasteiger partial charge is 0.382 e. The van der Waals surface area contributed by atoms with E-state index in [1.54, 1.807) is 20.2 Å². The third-order valence-corrected chi connectivity index (χ3v) is 5.71. The summed E-state index contributed by atoms with van der Waals surface area (Å²) in [5, 5.41) is 2.83. The number of hydrogen-bond donors (Lipinski definition) is 2. The highest BCUT2D eigenvalue weighted by atomic mass is 16.5. The van der Waals surface area contributed by atoms with Gasteiger partial charge in [0.15, 0.2) is 11.5 Å². The maximum atomic E-state index is 13.3. The summed E-state index contributed by atoms with van der Waals surface area (Å²) in [5.74, 6) is -0.0340. The number of amides is 2. The Morgan fingerprint density at radius 3 is 2.72 bits per heavy atom. The summed E-state index contributed by atoms with van der Waals surface area (Å²) in [6, 6.07) is 7.35. The van der Waals surface area contributed by atoms with Crippen molar-refractivity contribution in [2.75, 3.05) is 39.3 Å². The molecule has 8 nitrogen and oxygen atoms in total. The van der Waals surface area contributed by atoms with Crippen LogP contribution in [0.2, 0.25) is 0 Å². The lowest BCUT2D eigenvalue weighted by Crippen LogP contribution is -2.45. The van der Waals surface area contributed by atoms with Crippen molar-refractivity contribution in [2.24, 2.45) is 16.6 Å². The van der Waals surface area contributed by atoms with Crippen LogP contribution in [0.5, 0.6) is 0 Å². The number of benzene rings is 1. The van der Waals surface area contributed by atoms with Crippen molar-refractivity contribution < 1.29 is 19.1 Å². The van der Waals surface area contributed by atoms with E-state index in [4.69, 9.17) is 15.2 Å². The minimum absolute atomic E-state index is 0.0614. The summed E-state index contributed by atoms with van der Waals surface area (Å²) in [4.78, 5) is 31.6. The number of nitrogens with two attached hydrogens (primary N) is 1. The summed E-state index contributed by atoms with van der Waals surface area (Å²) in [7, 11) is 3.24. The molecule has 1 aliphatic carbocycles. The Kier molecular flexibility index (Phi) is 6.87. The highest BCUT2D eigenvalue weighted by Crippen LogP contribution is 2.46. The first-order valence-electron chi connectivity index (χ1n) is 10.1. The van der Waals surface area contributed by atoms with Gasteiger partial charge in [-0.3, -0.25) is 14.5 Å². The smallest absolute Gasteiger partial charge is 0.261 e. The van der Waals surface area contributed by atoms with Gasteiger partial charge in [0.2, 0.25) is 5.91 Å². The molecule has 1 atom stereocenters. The van der Waals surface area contributed by atoms with Crippen LogP contribution in [0.1, 0.15) is 37.7 Å². The van der Waals surface area contributed by atoms with Crippen LogP contribution in [0, 0.1) is 5.92 Å². The Labute approximate surface area is 171 Å². The lowest BCUT2D eigenvalue weighted by Gasteiger charge is -2.36. The molecule has 3 N–H and O–H groups in total. The number of hydrogen-bond acceptors (Lipinski definition) is 6. The van der Waals surface area contributed by atoms with Crippen molar-refractivity contribution >= 4 is 23.5 Å². The molecule has 1 saturated carbocycles. The number of aliphatic imine (C=N–C) groups is 1. The SMILES string of the molecule is COCCOCC(=O)Nc1cccc(C2(C3CCCCC3)N=C(N)N(C)C2=O)c1. The number of carbonyl (C=O) groups excluding carboxylic acids is 2. The van der Waals surface area contributed by atoms with E-state index in [1.165, 1.54) is 11.3 Å². The van der Waals surface area contributed by atoms with Crippen molar-refractivity contribution in [3.63, 3.8) is 0 Å². The van der Waals surface area contributed by atoms with Gasteiger partial charge in [0.1, 0.15) is 6.61 Å². The normalized spacial score (nSPS) is 22.6. The Balaban J connectivity index is 1.83. The van der Waals surface area contributed by atoms with Crippen LogP contribution in [0.3, 0.4) is 0 Å². The van der Waals surface area contributed by atoms with Crippen molar-refractivity contribution in [1.29, 1.82) is 0 Å². The predicted molar refractivity (Wildman–Crippen MR) is 110 cm³/mol. The van der Waals surface area contributed by atoms with E-state index in [2.05, 4.69) is 10.3 Å². The number of carbonyl (C=O) groups is 2. The average Bonchev–Trinajstić information content (AvgIpc) is 2.97. The second-order valence-electron chi connectivity index (χ2n) is 7.61. The van der Waals surface area contributed by atoms with Crippen LogP contribution in [0.4, 0.5) is 5.69 Å². The van der Waals surface area contributed by atoms with Crippen LogP contribution in [-0.4, -0.2) is 56.7 Å². The molecule has 0 bridgehead atoms. The molecule has 2 amide bonds. The number of methoxy groups -OCH3 is 1. The monoisotopic (exact) mass is 402 g/mol. The second-order valence-corrected chi connectivity index (χ2v) is 7.61. The van der Waals surface area contributed by atoms with Crippen molar-refractivity contribution in [3.8, 4) is 0 Å². The van der Waals surface area contributed by atoms with Gasteiger partial charge in [-0.15, -0.1) is 0 Å². The third-order valence-electron chi connectivity index (χ3n) is 5.71. The Bertz CT molecular complexity index is 776. The summed E-state index contributed by atoms with van der Waals surface area (Å²) in [6.07, 6.45) is 5.19. The minimum Gasteiger partial charge on any atom is -0.382 e. The van der Waals surface area contributed by atoms with E-state index in [-0.39, 0.29) is 30.3 Å². The molecular formula is C21H30N4O4. The molecule has 0 spiro atoms. The summed E-state index contributed by atoms with van der Waals surface area (Å²) >= 11 is 0. The van der Waals surface area contributed by atoms with E-state index >= 15 is 0 Å². The molecule has 1 unspecified atom stereocenters. The molecule has 1 aliphatic heterocycles. The summed E-state index contributed by atoms with van der Waals surface area (Å²) in [6.45, 7) is 0.722. The lowest BCUT2D eigenvalue weighted by atomic mass is 9.71. The number of nitrogens with one attached hydrogen (secondary N) is 1. The van der Waals surface area contributed by atoms with Crippen molar-refractivity contribution in [3.05, 3.63) is 29.8 Å². The van der Waals surface area contributed by atoms with Gasteiger partial charge in [-0.2, -0.15) is 0 Å². The van der Waals surface area contributed by atoms with Crippen LogP contribution in [0.25, 0.3) is 0 Å². The first-order valence-corrected chi connectivity index (χ1v) is 10.1. The predicted octanol–water partition coefficient (Wildman–Crippen LogP) is 1.85. The van der Waals surface area contributed by atoms with Crippen LogP contribution in [0.15, 0.2) is 29.3 Å². The Morgan fingerprint density at radius 2 is 2.07 bits per heavy atom. The van der Waals surface area contributed by atoms with Gasteiger partial charge in [0, 0.05) is 19.8 Å². The van der Waals surface area contributed by atoms with Gasteiger partial charge >= 0.3 is 0 Å². The molecule has 8 heteroatoms. The first-order chi connectivity index (χ1) is 14.0. The molecule has 1 heterocycles. The number of guanidine groups is 1. The van der Waals surface area contributed by atoms with E-state index in [0.29, 0.717) is 18.9 Å². The Morgan fingerprint density at radius 1 is 1.31 bits per heavy atom. The fourth-order valence-corrected chi connectivity index (χ4v) is 4.21. The zero-order valence-corrected chi connectivity index (χ0v) is 17.1. The minimum atomic E-state index is -1.02. The maximum absolute atomic E-state index is 13.3. The standard InChI is InChI=1S/C21H30N4O4/c1-25-19(27)21(24-20(25)22,15-7-4-3-5-8-15)16-9-6-10-17(13-16)23-18(26)14-29-12-11-28-2/h6,9-10,13,15H,3-5,7-8,11-12,14H2,1-2H3,(H2,22,24)(H,23,26). The molecule has 158 valence electrons. The molecule has 0 aromatic heterocycles. The number of rotatable bonds is 8. The number of nitrogens with zero attached hydrogens (tertiary/aromatic N) is 2. The maximum Gasteiger partial charge on any atom is 0.261 e. The van der Waals surface area contributed by atoms with Gasteiger partial charge < -0.3 is 20.5 Å². The van der Waals surface area contributed by atoms with Crippen LogP contribution < -0.4 is 11.1 Å². The Hall–Kier alpha value is -2.45. The van der Waals surface area contributed by atoms with E-state index < -0.39 is 5.54 Å². The quantitative estimate of drug-likeness (QED) is 0.646. The highest BCUT2D eigenvalue weighted by molar-refractivity contribution is 6.07. The molecular weight excluding hydrogens is 372 g/mol. The molecule has 29 heavy (non-hydrogen) atoms. The third kappa shape index (κ3) is 4.43. The summed E-state index contributed by atoms with van der Waals surface area (Å²) < 4.78 is 10.2. The van der Waals surface area contributed by atoms with Crippen molar-refractivity contribution in [2.45, 2.75) is 37.6 Å². The van der Waals surface area contributed by atoms with E-state index in [0.717, 1.165) is 31.2 Å². The van der Waals surface area contributed by atoms with Crippen molar-refractivity contribution in [1.82, 2.24) is 4.90 Å². The average molecular weight is 402 g/mol. The molecule has 3 rings (SSSR count). The molecule has 1 aromatic rings. The van der Waals surface area contributed by atoms with Crippen LogP contribution in [-0.2, 0) is 24.6 Å². The molecule has 2 aliphatic rings. The molecule has 1 aromatic carbocycles. The molecule has 1 fully saturated rings. The fraction of sp³-hybridized carbons (Fsp3) is 0.571. The number of likely N-dealkylation sites (N-methyl/N-ethyl adjacent to an activating group) is 1. The summed E-state index contributed by atoms with van der Waals surface area (Å²) in [5.41, 5.74) is 6.40. The number of anilines is 1. The van der Waals surface area contributed by atoms with Crippen LogP contribution >= 0.6 is 0 Å². The zero-order chi connectivity index (χ0) is 20.9. The zero-order valence-electron chi connectivity index (χ0n) is 17.1. The van der Waals surface area contributed by atoms with Gasteiger partial charge in [-0.25, -0.2) is 4.99 Å². The van der Waals surface area contributed by atoms with Gasteiger partial charge in [0.05, 0.1) is 13.2 Å². The topological polar surface area (TPSA) is 106 Å². The van der Waals surface area contributed by atoms with Gasteiger partial charge in [0.25, 0.3) is 5.91 Å². The fourth-order valence-electron chi connectivity index (χ4n) is 4.21.